The van der Waals surface area contributed by atoms with Crippen LogP contribution in [0, 0.1) is 0 Å². The third-order valence-corrected chi connectivity index (χ3v) is 4.12. The lowest BCUT2D eigenvalue weighted by Crippen LogP contribution is -2.35. The van der Waals surface area contributed by atoms with Crippen molar-refractivity contribution in [2.45, 2.75) is 26.3 Å². The summed E-state index contributed by atoms with van der Waals surface area (Å²) in [6.07, 6.45) is 0.0581. The number of benzene rings is 2. The van der Waals surface area contributed by atoms with Gasteiger partial charge in [-0.15, -0.1) is 0 Å². The van der Waals surface area contributed by atoms with Gasteiger partial charge in [0.15, 0.2) is 5.78 Å². The van der Waals surface area contributed by atoms with Crippen molar-refractivity contribution in [1.29, 1.82) is 0 Å². The van der Waals surface area contributed by atoms with Crippen LogP contribution >= 0.6 is 0 Å². The van der Waals surface area contributed by atoms with Crippen molar-refractivity contribution in [2.24, 2.45) is 0 Å². The van der Waals surface area contributed by atoms with Crippen molar-refractivity contribution in [2.75, 3.05) is 20.3 Å². The quantitative estimate of drug-likeness (QED) is 0.589. The van der Waals surface area contributed by atoms with Crippen molar-refractivity contribution in [3.05, 3.63) is 65.7 Å². The molecule has 0 heterocycles. The first-order chi connectivity index (χ1) is 13.5. The van der Waals surface area contributed by atoms with Gasteiger partial charge in [-0.1, -0.05) is 30.3 Å². The second-order valence-corrected chi connectivity index (χ2v) is 6.22. The van der Waals surface area contributed by atoms with Gasteiger partial charge in [0.2, 0.25) is 0 Å². The molecule has 148 valence electrons. The SMILES string of the molecule is CCOC(=O)CCC(=O)CN(Cc1ccc(OC)cc1)C(=O)c1ccccc1. The highest BCUT2D eigenvalue weighted by molar-refractivity contribution is 5.97. The fourth-order valence-corrected chi connectivity index (χ4v) is 2.68. The van der Waals surface area contributed by atoms with Gasteiger partial charge in [0.05, 0.1) is 26.7 Å². The summed E-state index contributed by atoms with van der Waals surface area (Å²) in [6.45, 7) is 2.21. The number of carbonyl (C=O) groups excluding carboxylic acids is 3. The molecular formula is C22H25NO5. The van der Waals surface area contributed by atoms with Gasteiger partial charge in [0.1, 0.15) is 5.75 Å². The fourth-order valence-electron chi connectivity index (χ4n) is 2.68. The minimum absolute atomic E-state index is 0.0164. The van der Waals surface area contributed by atoms with Crippen molar-refractivity contribution in [3.8, 4) is 5.75 Å². The molecule has 28 heavy (non-hydrogen) atoms. The zero-order valence-corrected chi connectivity index (χ0v) is 16.2. The minimum atomic E-state index is -0.410. The van der Waals surface area contributed by atoms with E-state index >= 15 is 0 Å². The number of hydrogen-bond acceptors (Lipinski definition) is 5. The Labute approximate surface area is 165 Å². The third kappa shape index (κ3) is 6.54. The summed E-state index contributed by atoms with van der Waals surface area (Å²) in [5.74, 6) is -0.117. The molecule has 0 fully saturated rings. The Balaban J connectivity index is 2.10. The molecule has 6 heteroatoms. The maximum absolute atomic E-state index is 12.9. The van der Waals surface area contributed by atoms with E-state index in [2.05, 4.69) is 0 Å². The van der Waals surface area contributed by atoms with E-state index in [1.54, 1.807) is 38.3 Å². The molecule has 2 aromatic rings. The topological polar surface area (TPSA) is 72.9 Å². The normalized spacial score (nSPS) is 10.2. The Morgan fingerprint density at radius 3 is 2.21 bits per heavy atom. The molecule has 0 spiro atoms. The van der Waals surface area contributed by atoms with Crippen LogP contribution in [0.25, 0.3) is 0 Å². The van der Waals surface area contributed by atoms with Crippen molar-refractivity contribution < 1.29 is 23.9 Å². The average molecular weight is 383 g/mol. The van der Waals surface area contributed by atoms with Crippen LogP contribution in [-0.2, 0) is 20.9 Å². The number of rotatable bonds is 10. The predicted molar refractivity (Wildman–Crippen MR) is 105 cm³/mol. The molecule has 2 rings (SSSR count). The fraction of sp³-hybridized carbons (Fsp3) is 0.318. The average Bonchev–Trinajstić information content (AvgIpc) is 2.72. The molecule has 0 N–H and O–H groups in total. The van der Waals surface area contributed by atoms with Crippen molar-refractivity contribution in [3.63, 3.8) is 0 Å². The van der Waals surface area contributed by atoms with Crippen LogP contribution in [0.4, 0.5) is 0 Å². The van der Waals surface area contributed by atoms with E-state index in [9.17, 15) is 14.4 Å². The molecule has 0 radical (unpaired) electrons. The summed E-state index contributed by atoms with van der Waals surface area (Å²) < 4.78 is 10.00. The number of carbonyl (C=O) groups is 3. The molecule has 0 saturated carbocycles. The van der Waals surface area contributed by atoms with Crippen LogP contribution in [0.1, 0.15) is 35.7 Å². The number of Topliss-reactive ketones (excluding diaryl/α,β-unsaturated/α-hetero) is 1. The second kappa shape index (κ2) is 10.9. The number of hydrogen-bond donors (Lipinski definition) is 0. The maximum Gasteiger partial charge on any atom is 0.306 e. The molecule has 0 aliphatic carbocycles. The van der Waals surface area contributed by atoms with E-state index in [0.717, 1.165) is 11.3 Å². The lowest BCUT2D eigenvalue weighted by atomic mass is 10.1. The summed E-state index contributed by atoms with van der Waals surface area (Å²) >= 11 is 0. The summed E-state index contributed by atoms with van der Waals surface area (Å²) in [4.78, 5) is 38.2. The summed E-state index contributed by atoms with van der Waals surface area (Å²) in [5, 5.41) is 0. The molecule has 0 aromatic heterocycles. The Bertz CT molecular complexity index is 786. The smallest absolute Gasteiger partial charge is 0.306 e. The van der Waals surface area contributed by atoms with Crippen LogP contribution in [0.3, 0.4) is 0 Å². The Hall–Kier alpha value is -3.15. The third-order valence-electron chi connectivity index (χ3n) is 4.12. The van der Waals surface area contributed by atoms with Crippen LogP contribution < -0.4 is 4.74 Å². The van der Waals surface area contributed by atoms with Crippen LogP contribution in [0.5, 0.6) is 5.75 Å². The van der Waals surface area contributed by atoms with Gasteiger partial charge in [0, 0.05) is 18.5 Å². The number of amides is 1. The molecule has 0 bridgehead atoms. The van der Waals surface area contributed by atoms with Crippen LogP contribution in [-0.4, -0.2) is 42.8 Å². The highest BCUT2D eigenvalue weighted by Crippen LogP contribution is 2.15. The highest BCUT2D eigenvalue weighted by atomic mass is 16.5. The Morgan fingerprint density at radius 2 is 1.61 bits per heavy atom. The predicted octanol–water partition coefficient (Wildman–Crippen LogP) is 3.25. The van der Waals surface area contributed by atoms with Gasteiger partial charge in [-0.2, -0.15) is 0 Å². The number of methoxy groups -OCH3 is 1. The number of ether oxygens (including phenoxy) is 2. The van der Waals surface area contributed by atoms with Gasteiger partial charge in [0.25, 0.3) is 5.91 Å². The minimum Gasteiger partial charge on any atom is -0.497 e. The van der Waals surface area contributed by atoms with E-state index < -0.39 is 5.97 Å². The molecule has 0 saturated heterocycles. The van der Waals surface area contributed by atoms with Crippen molar-refractivity contribution in [1.82, 2.24) is 4.90 Å². The van der Waals surface area contributed by atoms with Gasteiger partial charge >= 0.3 is 5.97 Å². The molecule has 1 amide bonds. The van der Waals surface area contributed by atoms with Gasteiger partial charge in [-0.05, 0) is 36.8 Å². The lowest BCUT2D eigenvalue weighted by Gasteiger charge is -2.22. The summed E-state index contributed by atoms with van der Waals surface area (Å²) in [5.41, 5.74) is 1.39. The monoisotopic (exact) mass is 383 g/mol. The van der Waals surface area contributed by atoms with E-state index in [4.69, 9.17) is 9.47 Å². The Morgan fingerprint density at radius 1 is 0.929 bits per heavy atom. The molecule has 2 aromatic carbocycles. The van der Waals surface area contributed by atoms with Crippen LogP contribution in [0.15, 0.2) is 54.6 Å². The highest BCUT2D eigenvalue weighted by Gasteiger charge is 2.20. The number of ketones is 1. The standard InChI is InChI=1S/C22H25NO5/c1-3-28-21(25)14-11-19(24)16-23(22(26)18-7-5-4-6-8-18)15-17-9-12-20(27-2)13-10-17/h4-10,12-13H,3,11,14-16H2,1-2H3. The van der Waals surface area contributed by atoms with E-state index in [0.29, 0.717) is 5.56 Å². The molecule has 0 aliphatic heterocycles. The largest absolute Gasteiger partial charge is 0.497 e. The molecular weight excluding hydrogens is 358 g/mol. The zero-order valence-electron chi connectivity index (χ0n) is 16.2. The number of nitrogens with zero attached hydrogens (tertiary/aromatic N) is 1. The first-order valence-electron chi connectivity index (χ1n) is 9.18. The lowest BCUT2D eigenvalue weighted by molar-refractivity contribution is -0.144. The summed E-state index contributed by atoms with van der Waals surface area (Å²) in [6, 6.07) is 16.1. The first-order valence-corrected chi connectivity index (χ1v) is 9.18. The van der Waals surface area contributed by atoms with Gasteiger partial charge in [-0.25, -0.2) is 0 Å². The van der Waals surface area contributed by atoms with E-state index in [1.165, 1.54) is 4.90 Å². The second-order valence-electron chi connectivity index (χ2n) is 6.22. The van der Waals surface area contributed by atoms with Gasteiger partial charge < -0.3 is 14.4 Å². The van der Waals surface area contributed by atoms with E-state index in [1.807, 2.05) is 30.3 Å². The molecule has 0 atom stereocenters. The summed E-state index contributed by atoms with van der Waals surface area (Å²) in [7, 11) is 1.59. The zero-order chi connectivity index (χ0) is 20.4. The maximum atomic E-state index is 12.9. The van der Waals surface area contributed by atoms with Gasteiger partial charge in [-0.3, -0.25) is 14.4 Å². The number of esters is 1. The molecule has 6 nitrogen and oxygen atoms in total. The van der Waals surface area contributed by atoms with Crippen molar-refractivity contribution >= 4 is 17.7 Å². The van der Waals surface area contributed by atoms with E-state index in [-0.39, 0.29) is 44.2 Å². The molecule has 0 unspecified atom stereocenters. The Kier molecular flexibility index (Phi) is 8.21. The first kappa shape index (κ1) is 21.2. The molecule has 0 aliphatic rings. The van der Waals surface area contributed by atoms with Crippen LogP contribution in [0.2, 0.25) is 0 Å².